The summed E-state index contributed by atoms with van der Waals surface area (Å²) >= 11 is 1.50. The summed E-state index contributed by atoms with van der Waals surface area (Å²) in [7, 11) is 1.65. The predicted molar refractivity (Wildman–Crippen MR) is 164 cm³/mol. The number of fused-ring (bicyclic) bond motifs is 1. The molecular weight excluding hydrogens is 604 g/mol. The van der Waals surface area contributed by atoms with Crippen LogP contribution in [0.4, 0.5) is 10.8 Å². The van der Waals surface area contributed by atoms with Crippen molar-refractivity contribution in [2.75, 3.05) is 17.0 Å². The van der Waals surface area contributed by atoms with E-state index in [-0.39, 0.29) is 34.8 Å². The standard InChI is InChI=1S/C31H22N4O4S.BrH/c1-38-22-14-10-19(11-15-22)25-17-27(28-7-4-16-39-28)35(33-25)31-32-26(18-40-31)20-8-12-21(13-9-20)34-29(36)23-5-2-3-6-24(23)30(34)37;/h2-16,18,27H,17H2,1H3;1H. The van der Waals surface area contributed by atoms with Crippen molar-refractivity contribution in [3.05, 3.63) is 119 Å². The predicted octanol–water partition coefficient (Wildman–Crippen LogP) is 7.15. The zero-order chi connectivity index (χ0) is 27.2. The fraction of sp³-hybridized carbons (Fsp3) is 0.0968. The number of aromatic nitrogens is 1. The van der Waals surface area contributed by atoms with E-state index >= 15 is 0 Å². The molecule has 0 spiro atoms. The van der Waals surface area contributed by atoms with Gasteiger partial charge < -0.3 is 9.15 Å². The summed E-state index contributed by atoms with van der Waals surface area (Å²) in [6.45, 7) is 0. The van der Waals surface area contributed by atoms with Crippen LogP contribution in [-0.4, -0.2) is 29.6 Å². The lowest BCUT2D eigenvalue weighted by Gasteiger charge is -2.18. The molecule has 2 aliphatic heterocycles. The number of anilines is 2. The maximum atomic E-state index is 12.9. The van der Waals surface area contributed by atoms with Crippen LogP contribution in [0.2, 0.25) is 0 Å². The van der Waals surface area contributed by atoms with Crippen molar-refractivity contribution >= 4 is 56.7 Å². The molecule has 2 aromatic heterocycles. The van der Waals surface area contributed by atoms with Gasteiger partial charge in [0, 0.05) is 17.4 Å². The Bertz CT molecular complexity index is 1730. The number of furan rings is 1. The zero-order valence-electron chi connectivity index (χ0n) is 21.8. The van der Waals surface area contributed by atoms with Crippen molar-refractivity contribution < 1.29 is 18.7 Å². The van der Waals surface area contributed by atoms with Crippen LogP contribution in [0, 0.1) is 0 Å². The SMILES string of the molecule is Br.COc1ccc(C2=NN(c3nc(-c4ccc(N5C(=O)c6ccccc6C5=O)cc4)cs3)C(c3ccco3)C2)cc1. The van der Waals surface area contributed by atoms with Gasteiger partial charge in [-0.1, -0.05) is 24.3 Å². The van der Waals surface area contributed by atoms with E-state index in [0.29, 0.717) is 23.2 Å². The normalized spacial score (nSPS) is 16.0. The van der Waals surface area contributed by atoms with Gasteiger partial charge in [-0.25, -0.2) is 14.9 Å². The van der Waals surface area contributed by atoms with Crippen LogP contribution in [0.5, 0.6) is 5.75 Å². The smallest absolute Gasteiger partial charge is 0.266 e. The van der Waals surface area contributed by atoms with Gasteiger partial charge in [-0.15, -0.1) is 28.3 Å². The Morgan fingerprint density at radius 3 is 2.20 bits per heavy atom. The number of halogens is 1. The molecule has 0 radical (unpaired) electrons. The van der Waals surface area contributed by atoms with Crippen LogP contribution in [0.15, 0.2) is 106 Å². The molecule has 204 valence electrons. The minimum absolute atomic E-state index is 0. The monoisotopic (exact) mass is 626 g/mol. The summed E-state index contributed by atoms with van der Waals surface area (Å²) in [4.78, 5) is 31.8. The molecule has 2 aliphatic rings. The number of benzene rings is 3. The number of ether oxygens (including phenoxy) is 1. The molecule has 0 saturated heterocycles. The Morgan fingerprint density at radius 2 is 1.56 bits per heavy atom. The van der Waals surface area contributed by atoms with Gasteiger partial charge in [-0.05, 0) is 66.2 Å². The van der Waals surface area contributed by atoms with Crippen LogP contribution in [0.1, 0.15) is 44.5 Å². The van der Waals surface area contributed by atoms with Crippen molar-refractivity contribution in [2.45, 2.75) is 12.5 Å². The maximum Gasteiger partial charge on any atom is 0.266 e. The van der Waals surface area contributed by atoms with Gasteiger partial charge in [0.25, 0.3) is 11.8 Å². The van der Waals surface area contributed by atoms with Crippen molar-refractivity contribution in [2.24, 2.45) is 5.10 Å². The average molecular weight is 628 g/mol. The van der Waals surface area contributed by atoms with Gasteiger partial charge in [0.05, 0.1) is 41.6 Å². The van der Waals surface area contributed by atoms with Crippen molar-refractivity contribution in [1.29, 1.82) is 0 Å². The first-order chi connectivity index (χ1) is 19.6. The van der Waals surface area contributed by atoms with E-state index in [1.54, 1.807) is 49.8 Å². The van der Waals surface area contributed by atoms with Crippen molar-refractivity contribution in [3.63, 3.8) is 0 Å². The number of methoxy groups -OCH3 is 1. The van der Waals surface area contributed by atoms with Gasteiger partial charge in [-0.2, -0.15) is 5.10 Å². The first-order valence-electron chi connectivity index (χ1n) is 12.7. The van der Waals surface area contributed by atoms with E-state index < -0.39 is 0 Å². The third kappa shape index (κ3) is 4.64. The van der Waals surface area contributed by atoms with Crippen LogP contribution in [0.25, 0.3) is 11.3 Å². The third-order valence-electron chi connectivity index (χ3n) is 7.11. The number of rotatable bonds is 6. The second-order valence-electron chi connectivity index (χ2n) is 9.41. The average Bonchev–Trinajstić information content (AvgIpc) is 3.80. The number of carbonyl (C=O) groups excluding carboxylic acids is 2. The lowest BCUT2D eigenvalue weighted by atomic mass is 10.0. The molecule has 1 atom stereocenters. The first-order valence-corrected chi connectivity index (χ1v) is 13.6. The number of carbonyl (C=O) groups is 2. The van der Waals surface area contributed by atoms with Crippen molar-refractivity contribution in [1.82, 2.24) is 4.98 Å². The topological polar surface area (TPSA) is 88.2 Å². The Hall–Kier alpha value is -4.54. The molecule has 5 aromatic rings. The minimum Gasteiger partial charge on any atom is -0.497 e. The Kier molecular flexibility index (Phi) is 7.02. The number of imide groups is 1. The summed E-state index contributed by atoms with van der Waals surface area (Å²) in [5, 5.41) is 9.58. The second-order valence-corrected chi connectivity index (χ2v) is 10.2. The van der Waals surface area contributed by atoms with Crippen LogP contribution >= 0.6 is 28.3 Å². The molecule has 4 heterocycles. The summed E-state index contributed by atoms with van der Waals surface area (Å²) in [5.41, 5.74) is 4.97. The fourth-order valence-electron chi connectivity index (χ4n) is 5.05. The molecule has 0 saturated carbocycles. The van der Waals surface area contributed by atoms with Crippen LogP contribution in [0.3, 0.4) is 0 Å². The highest BCUT2D eigenvalue weighted by molar-refractivity contribution is 8.93. The largest absolute Gasteiger partial charge is 0.497 e. The Morgan fingerprint density at radius 1 is 0.878 bits per heavy atom. The number of hydrogen-bond acceptors (Lipinski definition) is 8. The molecule has 0 N–H and O–H groups in total. The van der Waals surface area contributed by atoms with Gasteiger partial charge in [0.1, 0.15) is 17.6 Å². The molecule has 3 aromatic carbocycles. The summed E-state index contributed by atoms with van der Waals surface area (Å²) in [6, 6.07) is 25.7. The van der Waals surface area contributed by atoms with Gasteiger partial charge in [0.2, 0.25) is 5.13 Å². The van der Waals surface area contributed by atoms with E-state index in [0.717, 1.165) is 39.2 Å². The lowest BCUT2D eigenvalue weighted by molar-refractivity contribution is 0.0926. The van der Waals surface area contributed by atoms with E-state index in [9.17, 15) is 9.59 Å². The minimum atomic E-state index is -0.312. The van der Waals surface area contributed by atoms with E-state index in [2.05, 4.69) is 0 Å². The first kappa shape index (κ1) is 26.7. The van der Waals surface area contributed by atoms with E-state index in [1.807, 2.05) is 58.9 Å². The van der Waals surface area contributed by atoms with Crippen LogP contribution < -0.4 is 14.6 Å². The molecule has 7 rings (SSSR count). The third-order valence-corrected chi connectivity index (χ3v) is 7.94. The fourth-order valence-corrected chi connectivity index (χ4v) is 5.89. The van der Waals surface area contributed by atoms with Gasteiger partial charge >= 0.3 is 0 Å². The number of hydrogen-bond donors (Lipinski definition) is 0. The number of thiazole rings is 1. The van der Waals surface area contributed by atoms with Gasteiger partial charge in [-0.3, -0.25) is 9.59 Å². The van der Waals surface area contributed by atoms with Crippen molar-refractivity contribution in [3.8, 4) is 17.0 Å². The summed E-state index contributed by atoms with van der Waals surface area (Å²) in [6.07, 6.45) is 2.34. The highest BCUT2D eigenvalue weighted by atomic mass is 79.9. The highest BCUT2D eigenvalue weighted by Gasteiger charge is 2.36. The zero-order valence-corrected chi connectivity index (χ0v) is 24.3. The van der Waals surface area contributed by atoms with E-state index in [4.69, 9.17) is 19.2 Å². The molecule has 10 heteroatoms. The molecule has 2 amide bonds. The molecule has 1 unspecified atom stereocenters. The van der Waals surface area contributed by atoms with E-state index in [1.165, 1.54) is 16.2 Å². The quantitative estimate of drug-likeness (QED) is 0.186. The van der Waals surface area contributed by atoms with Gasteiger partial charge in [0.15, 0.2) is 0 Å². The number of nitrogens with zero attached hydrogens (tertiary/aromatic N) is 4. The molecule has 8 nitrogen and oxygen atoms in total. The highest BCUT2D eigenvalue weighted by Crippen LogP contribution is 2.40. The molecule has 0 aliphatic carbocycles. The molecule has 0 fully saturated rings. The molecule has 41 heavy (non-hydrogen) atoms. The maximum absolute atomic E-state index is 12.9. The van der Waals surface area contributed by atoms with Crippen LogP contribution in [-0.2, 0) is 0 Å². The summed E-state index contributed by atoms with van der Waals surface area (Å²) in [5.74, 6) is 0.982. The number of amides is 2. The summed E-state index contributed by atoms with van der Waals surface area (Å²) < 4.78 is 11.1. The second kappa shape index (κ2) is 10.8. The Balaban J connectivity index is 0.00000302. The molecule has 0 bridgehead atoms. The molecular formula is C31H23BrN4O4S. The Labute approximate surface area is 250 Å². The number of hydrazone groups is 1. The lowest BCUT2D eigenvalue weighted by Crippen LogP contribution is -2.29.